The predicted molar refractivity (Wildman–Crippen MR) is 88.0 cm³/mol. The van der Waals surface area contributed by atoms with Gasteiger partial charge in [0.15, 0.2) is 0 Å². The van der Waals surface area contributed by atoms with E-state index in [2.05, 4.69) is 27.8 Å². The molecule has 0 radical (unpaired) electrons. The maximum atomic E-state index is 12.3. The van der Waals surface area contributed by atoms with E-state index in [1.165, 1.54) is 4.88 Å². The summed E-state index contributed by atoms with van der Waals surface area (Å²) in [5, 5.41) is 5.44. The second-order valence-electron chi connectivity index (χ2n) is 4.66. The molecule has 4 nitrogen and oxygen atoms in total. The lowest BCUT2D eigenvalue weighted by atomic mass is 10.2. The number of hydrogen-bond donors (Lipinski definition) is 1. The molecule has 0 spiro atoms. The van der Waals surface area contributed by atoms with Crippen molar-refractivity contribution in [2.75, 3.05) is 25.0 Å². The van der Waals surface area contributed by atoms with Crippen molar-refractivity contribution < 1.29 is 4.79 Å². The Morgan fingerprint density at radius 3 is 2.81 bits per heavy atom. The van der Waals surface area contributed by atoms with Gasteiger partial charge < -0.3 is 10.2 Å². The van der Waals surface area contributed by atoms with Crippen molar-refractivity contribution in [1.82, 2.24) is 9.88 Å². The highest BCUT2D eigenvalue weighted by atomic mass is 32.1. The molecule has 0 saturated heterocycles. The van der Waals surface area contributed by atoms with E-state index in [4.69, 9.17) is 0 Å². The van der Waals surface area contributed by atoms with Gasteiger partial charge in [0.2, 0.25) is 0 Å². The van der Waals surface area contributed by atoms with E-state index < -0.39 is 0 Å². The van der Waals surface area contributed by atoms with Crippen molar-refractivity contribution in [3.8, 4) is 0 Å². The Balaban J connectivity index is 1.95. The molecule has 21 heavy (non-hydrogen) atoms. The number of pyridine rings is 1. The van der Waals surface area contributed by atoms with Crippen LogP contribution in [0.15, 0.2) is 35.8 Å². The monoisotopic (exact) mass is 303 g/mol. The lowest BCUT2D eigenvalue weighted by Crippen LogP contribution is -2.31. The molecular weight excluding hydrogens is 282 g/mol. The zero-order valence-electron chi connectivity index (χ0n) is 12.5. The molecule has 0 aromatic carbocycles. The molecule has 0 saturated carbocycles. The van der Waals surface area contributed by atoms with E-state index in [9.17, 15) is 4.79 Å². The van der Waals surface area contributed by atoms with Gasteiger partial charge in [0, 0.05) is 36.4 Å². The SMILES string of the molecule is CCN(CC)C(=O)c1cc(NCCc2cccs2)ccn1. The molecule has 0 fully saturated rings. The molecule has 112 valence electrons. The van der Waals surface area contributed by atoms with Crippen LogP contribution in [0.1, 0.15) is 29.2 Å². The molecule has 0 aliphatic rings. The highest BCUT2D eigenvalue weighted by Crippen LogP contribution is 2.12. The van der Waals surface area contributed by atoms with Crippen LogP contribution in [-0.4, -0.2) is 35.4 Å². The first-order valence-corrected chi connectivity index (χ1v) is 8.14. The standard InChI is InChI=1S/C16H21N3OS/c1-3-19(4-2)16(20)15-12-13(7-9-18-15)17-10-8-14-6-5-11-21-14/h5-7,9,11-12H,3-4,8,10H2,1-2H3,(H,17,18). The number of thiophene rings is 1. The van der Waals surface area contributed by atoms with Crippen LogP contribution in [0, 0.1) is 0 Å². The van der Waals surface area contributed by atoms with Gasteiger partial charge in [0.05, 0.1) is 0 Å². The summed E-state index contributed by atoms with van der Waals surface area (Å²) in [7, 11) is 0. The van der Waals surface area contributed by atoms with E-state index in [1.54, 1.807) is 22.4 Å². The smallest absolute Gasteiger partial charge is 0.272 e. The first-order valence-electron chi connectivity index (χ1n) is 7.26. The number of amides is 1. The van der Waals surface area contributed by atoms with E-state index >= 15 is 0 Å². The molecule has 2 rings (SSSR count). The quantitative estimate of drug-likeness (QED) is 0.854. The van der Waals surface area contributed by atoms with Gasteiger partial charge in [-0.15, -0.1) is 11.3 Å². The highest BCUT2D eigenvalue weighted by molar-refractivity contribution is 7.09. The molecule has 2 aromatic heterocycles. The fourth-order valence-corrected chi connectivity index (χ4v) is 2.82. The Bertz CT molecular complexity index is 565. The number of carbonyl (C=O) groups excluding carboxylic acids is 1. The summed E-state index contributed by atoms with van der Waals surface area (Å²) in [6.45, 7) is 6.21. The average molecular weight is 303 g/mol. The van der Waals surface area contributed by atoms with E-state index in [1.807, 2.05) is 26.0 Å². The summed E-state index contributed by atoms with van der Waals surface area (Å²) in [5.74, 6) is -0.0121. The first-order chi connectivity index (χ1) is 10.2. The molecule has 2 heterocycles. The molecule has 1 N–H and O–H groups in total. The van der Waals surface area contributed by atoms with Crippen LogP contribution in [0.25, 0.3) is 0 Å². The minimum Gasteiger partial charge on any atom is -0.385 e. The van der Waals surface area contributed by atoms with Gasteiger partial charge in [-0.1, -0.05) is 6.07 Å². The van der Waals surface area contributed by atoms with Crippen molar-refractivity contribution in [1.29, 1.82) is 0 Å². The van der Waals surface area contributed by atoms with Crippen LogP contribution in [0.4, 0.5) is 5.69 Å². The second-order valence-corrected chi connectivity index (χ2v) is 5.70. The fourth-order valence-electron chi connectivity index (χ4n) is 2.12. The number of carbonyl (C=O) groups is 1. The van der Waals surface area contributed by atoms with Crippen LogP contribution in [-0.2, 0) is 6.42 Å². The maximum absolute atomic E-state index is 12.3. The van der Waals surface area contributed by atoms with Crippen LogP contribution >= 0.6 is 11.3 Å². The average Bonchev–Trinajstić information content (AvgIpc) is 3.02. The third kappa shape index (κ3) is 4.29. The Kier molecular flexibility index (Phi) is 5.75. The van der Waals surface area contributed by atoms with Gasteiger partial charge in [0.25, 0.3) is 5.91 Å². The predicted octanol–water partition coefficient (Wildman–Crippen LogP) is 3.28. The Labute approximate surface area is 129 Å². The molecule has 0 atom stereocenters. The lowest BCUT2D eigenvalue weighted by Gasteiger charge is -2.18. The minimum absolute atomic E-state index is 0.0121. The molecular formula is C16H21N3OS. The molecule has 0 bridgehead atoms. The Morgan fingerprint density at radius 2 is 2.14 bits per heavy atom. The number of hydrogen-bond acceptors (Lipinski definition) is 4. The molecule has 0 aliphatic heterocycles. The summed E-state index contributed by atoms with van der Waals surface area (Å²) < 4.78 is 0. The highest BCUT2D eigenvalue weighted by Gasteiger charge is 2.13. The number of rotatable bonds is 7. The van der Waals surface area contributed by atoms with Gasteiger partial charge in [0.1, 0.15) is 5.69 Å². The third-order valence-corrected chi connectivity index (χ3v) is 4.25. The fraction of sp³-hybridized carbons (Fsp3) is 0.375. The van der Waals surface area contributed by atoms with Gasteiger partial charge in [-0.05, 0) is 43.8 Å². The van der Waals surface area contributed by atoms with E-state index in [0.717, 1.165) is 18.7 Å². The topological polar surface area (TPSA) is 45.2 Å². The van der Waals surface area contributed by atoms with Crippen molar-refractivity contribution in [2.45, 2.75) is 20.3 Å². The van der Waals surface area contributed by atoms with Crippen molar-refractivity contribution in [3.63, 3.8) is 0 Å². The minimum atomic E-state index is -0.0121. The summed E-state index contributed by atoms with van der Waals surface area (Å²) in [4.78, 5) is 19.6. The molecule has 2 aromatic rings. The maximum Gasteiger partial charge on any atom is 0.272 e. The lowest BCUT2D eigenvalue weighted by molar-refractivity contribution is 0.0767. The van der Waals surface area contributed by atoms with Crippen LogP contribution in [0.2, 0.25) is 0 Å². The summed E-state index contributed by atoms with van der Waals surface area (Å²) in [6, 6.07) is 7.92. The largest absolute Gasteiger partial charge is 0.385 e. The number of nitrogens with zero attached hydrogens (tertiary/aromatic N) is 2. The summed E-state index contributed by atoms with van der Waals surface area (Å²) in [6.07, 6.45) is 2.67. The third-order valence-electron chi connectivity index (χ3n) is 3.31. The normalized spacial score (nSPS) is 10.4. The molecule has 0 unspecified atom stereocenters. The van der Waals surface area contributed by atoms with E-state index in [-0.39, 0.29) is 5.91 Å². The van der Waals surface area contributed by atoms with E-state index in [0.29, 0.717) is 18.8 Å². The van der Waals surface area contributed by atoms with Crippen LogP contribution in [0.3, 0.4) is 0 Å². The number of aromatic nitrogens is 1. The zero-order valence-corrected chi connectivity index (χ0v) is 13.3. The van der Waals surface area contributed by atoms with Crippen molar-refractivity contribution in [2.24, 2.45) is 0 Å². The van der Waals surface area contributed by atoms with Crippen molar-refractivity contribution >= 4 is 22.9 Å². The van der Waals surface area contributed by atoms with Crippen LogP contribution in [0.5, 0.6) is 0 Å². The number of anilines is 1. The Morgan fingerprint density at radius 1 is 1.33 bits per heavy atom. The summed E-state index contributed by atoms with van der Waals surface area (Å²) in [5.41, 5.74) is 1.44. The molecule has 0 aliphatic carbocycles. The van der Waals surface area contributed by atoms with Crippen LogP contribution < -0.4 is 5.32 Å². The van der Waals surface area contributed by atoms with Gasteiger partial charge >= 0.3 is 0 Å². The molecule has 1 amide bonds. The zero-order chi connectivity index (χ0) is 15.1. The van der Waals surface area contributed by atoms with Crippen molar-refractivity contribution in [3.05, 3.63) is 46.4 Å². The van der Waals surface area contributed by atoms with Gasteiger partial charge in [-0.2, -0.15) is 0 Å². The van der Waals surface area contributed by atoms with Gasteiger partial charge in [-0.25, -0.2) is 0 Å². The molecule has 5 heteroatoms. The first kappa shape index (κ1) is 15.5. The van der Waals surface area contributed by atoms with Gasteiger partial charge in [-0.3, -0.25) is 9.78 Å². The summed E-state index contributed by atoms with van der Waals surface area (Å²) >= 11 is 1.76. The Hall–Kier alpha value is -1.88. The number of nitrogens with one attached hydrogen (secondary N) is 1. The second kappa shape index (κ2) is 7.78.